The number of carbonyl (C=O) groups is 2. The molecule has 0 amide bonds. The summed E-state index contributed by atoms with van der Waals surface area (Å²) in [6.07, 6.45) is -3.09. The summed E-state index contributed by atoms with van der Waals surface area (Å²) < 4.78 is 75.8. The molecule has 222 valence electrons. The molecule has 1 saturated heterocycles. The fourth-order valence-electron chi connectivity index (χ4n) is 4.11. The molecule has 1 spiro atoms. The van der Waals surface area contributed by atoms with Crippen LogP contribution in [-0.4, -0.2) is 81.6 Å². The molecule has 3 heterocycles. The van der Waals surface area contributed by atoms with E-state index in [0.29, 0.717) is 12.5 Å². The van der Waals surface area contributed by atoms with Crippen molar-refractivity contribution in [2.75, 3.05) is 31.2 Å². The zero-order valence-corrected chi connectivity index (χ0v) is 21.3. The van der Waals surface area contributed by atoms with Crippen LogP contribution in [0.1, 0.15) is 30.5 Å². The SMILES string of the molecule is Cc1ccc(N2CCO[C@]3(CCC[C@H]3COCc3cccnc3)C2)nn1.O=C(O)C(F)(F)F.O=C(O)C(F)(F)F. The molecule has 16 heteroatoms. The van der Waals surface area contributed by atoms with Crippen LogP contribution in [0.3, 0.4) is 0 Å². The van der Waals surface area contributed by atoms with Gasteiger partial charge < -0.3 is 24.6 Å². The fourth-order valence-corrected chi connectivity index (χ4v) is 4.11. The van der Waals surface area contributed by atoms with Crippen molar-refractivity contribution in [3.05, 3.63) is 47.9 Å². The number of halogens is 6. The van der Waals surface area contributed by atoms with Crippen LogP contribution in [0.5, 0.6) is 0 Å². The maximum absolute atomic E-state index is 10.6. The third-order valence-corrected chi connectivity index (χ3v) is 6.01. The summed E-state index contributed by atoms with van der Waals surface area (Å²) in [5.41, 5.74) is 1.93. The van der Waals surface area contributed by atoms with E-state index in [1.54, 1.807) is 6.20 Å². The number of carboxylic acid groups (broad SMARTS) is 2. The minimum Gasteiger partial charge on any atom is -0.475 e. The number of anilines is 1. The highest BCUT2D eigenvalue weighted by molar-refractivity contribution is 5.73. The van der Waals surface area contributed by atoms with E-state index >= 15 is 0 Å². The molecule has 40 heavy (non-hydrogen) atoms. The van der Waals surface area contributed by atoms with Crippen LogP contribution < -0.4 is 4.90 Å². The molecule has 2 atom stereocenters. The largest absolute Gasteiger partial charge is 0.490 e. The van der Waals surface area contributed by atoms with Crippen molar-refractivity contribution >= 4 is 17.8 Å². The van der Waals surface area contributed by atoms with Gasteiger partial charge in [-0.3, -0.25) is 4.98 Å². The number of ether oxygens (including phenoxy) is 2. The average Bonchev–Trinajstić information content (AvgIpc) is 3.25. The first-order chi connectivity index (χ1) is 18.6. The van der Waals surface area contributed by atoms with Crippen LogP contribution in [-0.2, 0) is 25.7 Å². The highest BCUT2D eigenvalue weighted by atomic mass is 19.4. The lowest BCUT2D eigenvalue weighted by Crippen LogP contribution is -2.55. The second-order valence-electron chi connectivity index (χ2n) is 8.94. The van der Waals surface area contributed by atoms with Crippen LogP contribution in [0.25, 0.3) is 0 Å². The van der Waals surface area contributed by atoms with Gasteiger partial charge in [-0.25, -0.2) is 9.59 Å². The Kier molecular flexibility index (Phi) is 11.6. The van der Waals surface area contributed by atoms with E-state index < -0.39 is 24.3 Å². The summed E-state index contributed by atoms with van der Waals surface area (Å²) in [7, 11) is 0. The van der Waals surface area contributed by atoms with Crippen molar-refractivity contribution in [2.24, 2.45) is 5.92 Å². The smallest absolute Gasteiger partial charge is 0.475 e. The van der Waals surface area contributed by atoms with Crippen LogP contribution in [0.2, 0.25) is 0 Å². The average molecular weight is 582 g/mol. The van der Waals surface area contributed by atoms with E-state index in [1.165, 1.54) is 6.42 Å². The Labute approximate surface area is 224 Å². The van der Waals surface area contributed by atoms with E-state index in [2.05, 4.69) is 26.1 Å². The van der Waals surface area contributed by atoms with E-state index in [1.807, 2.05) is 31.3 Å². The number of morpholine rings is 1. The third-order valence-electron chi connectivity index (χ3n) is 6.01. The minimum absolute atomic E-state index is 0.125. The van der Waals surface area contributed by atoms with Crippen LogP contribution in [0.15, 0.2) is 36.7 Å². The number of aromatic nitrogens is 3. The normalized spacial score (nSPS) is 20.7. The third kappa shape index (κ3) is 10.2. The zero-order chi connectivity index (χ0) is 30.0. The minimum atomic E-state index is -5.08. The first kappa shape index (κ1) is 32.7. The summed E-state index contributed by atoms with van der Waals surface area (Å²) in [6, 6.07) is 8.07. The molecule has 0 radical (unpaired) electrons. The summed E-state index contributed by atoms with van der Waals surface area (Å²) in [6.45, 7) is 5.75. The number of pyridine rings is 1. The van der Waals surface area contributed by atoms with Gasteiger partial charge in [0.25, 0.3) is 0 Å². The molecule has 4 rings (SSSR count). The molecule has 0 aromatic carbocycles. The first-order valence-corrected chi connectivity index (χ1v) is 11.9. The Morgan fingerprint density at radius 3 is 2.27 bits per heavy atom. The van der Waals surface area contributed by atoms with E-state index in [0.717, 1.165) is 56.2 Å². The monoisotopic (exact) mass is 582 g/mol. The molecule has 0 unspecified atom stereocenters. The lowest BCUT2D eigenvalue weighted by Gasteiger charge is -2.44. The quantitative estimate of drug-likeness (QED) is 0.498. The molecule has 10 nitrogen and oxygen atoms in total. The molecule has 1 aliphatic heterocycles. The molecule has 2 N–H and O–H groups in total. The molecule has 1 aliphatic carbocycles. The zero-order valence-electron chi connectivity index (χ0n) is 21.3. The highest BCUT2D eigenvalue weighted by Gasteiger charge is 2.47. The van der Waals surface area contributed by atoms with Crippen molar-refractivity contribution in [1.29, 1.82) is 0 Å². The predicted molar refractivity (Wildman–Crippen MR) is 126 cm³/mol. The van der Waals surface area contributed by atoms with Crippen molar-refractivity contribution in [3.8, 4) is 0 Å². The molecule has 2 aliphatic rings. The lowest BCUT2D eigenvalue weighted by molar-refractivity contribution is -0.193. The second kappa shape index (κ2) is 14.2. The van der Waals surface area contributed by atoms with Crippen LogP contribution in [0.4, 0.5) is 32.2 Å². The second-order valence-corrected chi connectivity index (χ2v) is 8.94. The van der Waals surface area contributed by atoms with Gasteiger partial charge in [0.05, 0.1) is 31.1 Å². The van der Waals surface area contributed by atoms with Crippen LogP contribution in [0, 0.1) is 12.8 Å². The molecule has 2 aromatic heterocycles. The highest BCUT2D eigenvalue weighted by Crippen LogP contribution is 2.42. The van der Waals surface area contributed by atoms with Gasteiger partial charge in [-0.05, 0) is 43.5 Å². The molecule has 0 bridgehead atoms. The van der Waals surface area contributed by atoms with E-state index in [4.69, 9.17) is 29.3 Å². The summed E-state index contributed by atoms with van der Waals surface area (Å²) in [4.78, 5) is 24.3. The fraction of sp³-hybridized carbons (Fsp3) is 0.542. The number of aliphatic carboxylic acids is 2. The molecule has 2 aromatic rings. The van der Waals surface area contributed by atoms with Gasteiger partial charge in [-0.1, -0.05) is 12.5 Å². The van der Waals surface area contributed by atoms with Crippen molar-refractivity contribution in [3.63, 3.8) is 0 Å². The topological polar surface area (TPSA) is 135 Å². The summed E-state index contributed by atoms with van der Waals surface area (Å²) >= 11 is 0. The van der Waals surface area contributed by atoms with Gasteiger partial charge >= 0.3 is 24.3 Å². The summed E-state index contributed by atoms with van der Waals surface area (Å²) in [5, 5.41) is 22.8. The number of alkyl halides is 6. The number of aryl methyl sites for hydroxylation is 1. The molecular weight excluding hydrogens is 554 g/mol. The number of hydrogen-bond donors (Lipinski definition) is 2. The predicted octanol–water partition coefficient (Wildman–Crippen LogP) is 4.04. The Hall–Kier alpha value is -3.53. The van der Waals surface area contributed by atoms with Crippen molar-refractivity contribution in [2.45, 2.75) is 50.7 Å². The van der Waals surface area contributed by atoms with Gasteiger partial charge in [0.2, 0.25) is 0 Å². The molecule has 1 saturated carbocycles. The van der Waals surface area contributed by atoms with Crippen molar-refractivity contribution < 1.29 is 55.6 Å². The number of carboxylic acids is 2. The number of hydrogen-bond acceptors (Lipinski definition) is 8. The molecule has 2 fully saturated rings. The van der Waals surface area contributed by atoms with Gasteiger partial charge in [0.1, 0.15) is 0 Å². The van der Waals surface area contributed by atoms with Gasteiger partial charge in [-0.2, -0.15) is 31.4 Å². The summed E-state index contributed by atoms with van der Waals surface area (Å²) in [5.74, 6) is -4.15. The van der Waals surface area contributed by atoms with Gasteiger partial charge in [0.15, 0.2) is 5.82 Å². The Morgan fingerprint density at radius 2 is 1.75 bits per heavy atom. The standard InChI is InChI=1S/C20H26N4O2.2C2HF3O2/c1-16-6-7-19(23-22-16)24-10-11-26-20(15-24)8-2-5-18(20)14-25-13-17-4-3-9-21-12-17;2*3-2(4,5)1(6)7/h3-4,6-7,9,12,18H,2,5,8,10-11,13-15H2,1H3;2*(H,6,7)/t18-,20+;;/m0../s1. The lowest BCUT2D eigenvalue weighted by atomic mass is 9.89. The maximum Gasteiger partial charge on any atom is 0.490 e. The number of rotatable bonds is 5. The van der Waals surface area contributed by atoms with Gasteiger partial charge in [0, 0.05) is 31.4 Å². The Bertz CT molecular complexity index is 1060. The van der Waals surface area contributed by atoms with Crippen molar-refractivity contribution in [1.82, 2.24) is 15.2 Å². The Morgan fingerprint density at radius 1 is 1.10 bits per heavy atom. The number of nitrogens with zero attached hydrogens (tertiary/aromatic N) is 4. The molecular formula is C24H28F6N4O6. The first-order valence-electron chi connectivity index (χ1n) is 11.9. The van der Waals surface area contributed by atoms with Crippen LogP contribution >= 0.6 is 0 Å². The van der Waals surface area contributed by atoms with E-state index in [9.17, 15) is 26.3 Å². The van der Waals surface area contributed by atoms with Gasteiger partial charge in [-0.15, -0.1) is 5.10 Å². The maximum atomic E-state index is 10.6. The Balaban J connectivity index is 0.000000333. The van der Waals surface area contributed by atoms with E-state index in [-0.39, 0.29) is 5.60 Å².